The number of aromatic nitrogens is 5. The van der Waals surface area contributed by atoms with Crippen LogP contribution in [0.4, 0.5) is 10.3 Å². The van der Waals surface area contributed by atoms with Crippen molar-refractivity contribution >= 4 is 32.8 Å². The second-order valence-electron chi connectivity index (χ2n) is 8.76. The van der Waals surface area contributed by atoms with Crippen molar-refractivity contribution in [3.63, 3.8) is 0 Å². The van der Waals surface area contributed by atoms with E-state index >= 15 is 0 Å². The lowest BCUT2D eigenvalue weighted by molar-refractivity contribution is 0.459. The molecule has 6 nitrogen and oxygen atoms in total. The molecule has 0 spiro atoms. The van der Waals surface area contributed by atoms with Crippen LogP contribution < -0.4 is 5.32 Å². The highest BCUT2D eigenvalue weighted by molar-refractivity contribution is 9.10. The maximum atomic E-state index is 13.7. The molecule has 35 heavy (non-hydrogen) atoms. The van der Waals surface area contributed by atoms with Gasteiger partial charge >= 0.3 is 0 Å². The first-order valence-corrected chi connectivity index (χ1v) is 12.6. The first-order chi connectivity index (χ1) is 17.1. The third kappa shape index (κ3) is 4.01. The van der Waals surface area contributed by atoms with Crippen LogP contribution in [0.1, 0.15) is 25.2 Å². The van der Waals surface area contributed by atoms with Crippen molar-refractivity contribution in [3.05, 3.63) is 83.1 Å². The van der Waals surface area contributed by atoms with Gasteiger partial charge in [-0.2, -0.15) is 0 Å². The van der Waals surface area contributed by atoms with Gasteiger partial charge in [-0.25, -0.2) is 19.3 Å². The Morgan fingerprint density at radius 1 is 1.09 bits per heavy atom. The fourth-order valence-electron chi connectivity index (χ4n) is 4.98. The van der Waals surface area contributed by atoms with Gasteiger partial charge in [-0.05, 0) is 67.3 Å². The lowest BCUT2D eigenvalue weighted by Gasteiger charge is -2.19. The third-order valence-corrected chi connectivity index (χ3v) is 7.04. The molecule has 2 aromatic carbocycles. The summed E-state index contributed by atoms with van der Waals surface area (Å²) in [6, 6.07) is 17.2. The lowest BCUT2D eigenvalue weighted by atomic mass is 10.1. The van der Waals surface area contributed by atoms with Crippen LogP contribution in [0.3, 0.4) is 0 Å². The number of halogens is 2. The molecule has 0 saturated heterocycles. The summed E-state index contributed by atoms with van der Waals surface area (Å²) in [5.41, 5.74) is 4.66. The summed E-state index contributed by atoms with van der Waals surface area (Å²) in [4.78, 5) is 14.2. The van der Waals surface area contributed by atoms with Crippen LogP contribution in [-0.2, 0) is 13.0 Å². The number of nitrogens with zero attached hydrogens (tertiary/aromatic N) is 5. The van der Waals surface area contributed by atoms with Crippen LogP contribution in [0.2, 0.25) is 0 Å². The van der Waals surface area contributed by atoms with E-state index in [9.17, 15) is 4.39 Å². The average molecular weight is 531 g/mol. The van der Waals surface area contributed by atoms with Gasteiger partial charge in [-0.3, -0.25) is 0 Å². The van der Waals surface area contributed by atoms with Gasteiger partial charge in [0.15, 0.2) is 0 Å². The summed E-state index contributed by atoms with van der Waals surface area (Å²) < 4.78 is 19.4. The van der Waals surface area contributed by atoms with E-state index in [1.807, 2.05) is 13.0 Å². The van der Waals surface area contributed by atoms with E-state index in [2.05, 4.69) is 65.8 Å². The van der Waals surface area contributed by atoms with Gasteiger partial charge in [0, 0.05) is 47.5 Å². The maximum Gasteiger partial charge on any atom is 0.223 e. The summed E-state index contributed by atoms with van der Waals surface area (Å²) >= 11 is 3.61. The summed E-state index contributed by atoms with van der Waals surface area (Å²) in [5, 5.41) is 4.43. The largest absolute Gasteiger partial charge is 0.354 e. The van der Waals surface area contributed by atoms with E-state index in [1.54, 1.807) is 18.3 Å². The molecule has 8 heteroatoms. The number of hydrogen-bond donors (Lipinski definition) is 1. The lowest BCUT2D eigenvalue weighted by Crippen LogP contribution is -2.14. The second kappa shape index (κ2) is 8.92. The van der Waals surface area contributed by atoms with Gasteiger partial charge in [0.2, 0.25) is 5.95 Å². The number of rotatable bonds is 6. The molecule has 0 bridgehead atoms. The molecule has 1 atom stereocenters. The Balaban J connectivity index is 1.48. The highest BCUT2D eigenvalue weighted by Crippen LogP contribution is 2.40. The first kappa shape index (κ1) is 22.0. The Hall–Kier alpha value is -3.52. The minimum atomic E-state index is -0.262. The van der Waals surface area contributed by atoms with Crippen molar-refractivity contribution in [2.45, 2.75) is 32.4 Å². The Kier molecular flexibility index (Phi) is 5.60. The van der Waals surface area contributed by atoms with Crippen molar-refractivity contribution in [2.24, 2.45) is 0 Å². The number of anilines is 1. The van der Waals surface area contributed by atoms with Crippen molar-refractivity contribution < 1.29 is 4.39 Å². The molecule has 176 valence electrons. The molecule has 0 fully saturated rings. The number of nitrogens with one attached hydrogen (secondary N) is 1. The number of aryl methyl sites for hydroxylation is 1. The SMILES string of the molecule is CCNc1nccc(-c2c(-c3ccc(F)cc3)nc3n2[C@H](Cn2ccc4ccc(Br)cc42)CC3)n1. The minimum Gasteiger partial charge on any atom is -0.354 e. The third-order valence-electron chi connectivity index (χ3n) is 6.54. The Labute approximate surface area is 211 Å². The van der Waals surface area contributed by atoms with Gasteiger partial charge in [-0.15, -0.1) is 0 Å². The van der Waals surface area contributed by atoms with E-state index < -0.39 is 0 Å². The van der Waals surface area contributed by atoms with Gasteiger partial charge in [0.05, 0.1) is 23.1 Å². The Morgan fingerprint density at radius 2 is 1.94 bits per heavy atom. The predicted molar refractivity (Wildman–Crippen MR) is 140 cm³/mol. The molecule has 0 unspecified atom stereocenters. The summed E-state index contributed by atoms with van der Waals surface area (Å²) in [6.07, 6.45) is 5.81. The average Bonchev–Trinajstić information content (AvgIpc) is 3.55. The van der Waals surface area contributed by atoms with Crippen LogP contribution in [0.5, 0.6) is 0 Å². The topological polar surface area (TPSA) is 60.6 Å². The van der Waals surface area contributed by atoms with Gasteiger partial charge in [0.25, 0.3) is 0 Å². The molecule has 1 aliphatic heterocycles. The van der Waals surface area contributed by atoms with Crippen molar-refractivity contribution in [1.29, 1.82) is 0 Å². The molecule has 3 aromatic heterocycles. The zero-order valence-electron chi connectivity index (χ0n) is 19.2. The number of fused-ring (bicyclic) bond motifs is 2. The zero-order chi connectivity index (χ0) is 23.9. The molecular weight excluding hydrogens is 507 g/mol. The summed E-state index contributed by atoms with van der Waals surface area (Å²) in [6.45, 7) is 3.58. The smallest absolute Gasteiger partial charge is 0.223 e. The van der Waals surface area contributed by atoms with Crippen LogP contribution in [0.15, 0.2) is 71.5 Å². The van der Waals surface area contributed by atoms with Crippen molar-refractivity contribution in [2.75, 3.05) is 11.9 Å². The molecule has 4 heterocycles. The van der Waals surface area contributed by atoms with Gasteiger partial charge in [0.1, 0.15) is 11.6 Å². The summed E-state index contributed by atoms with van der Waals surface area (Å²) in [7, 11) is 0. The van der Waals surface area contributed by atoms with E-state index in [0.717, 1.165) is 58.9 Å². The van der Waals surface area contributed by atoms with E-state index in [4.69, 9.17) is 9.97 Å². The molecule has 6 rings (SSSR count). The molecule has 0 saturated carbocycles. The number of hydrogen-bond acceptors (Lipinski definition) is 4. The summed E-state index contributed by atoms with van der Waals surface area (Å²) in [5.74, 6) is 1.36. The van der Waals surface area contributed by atoms with Gasteiger partial charge in [-0.1, -0.05) is 22.0 Å². The Morgan fingerprint density at radius 3 is 2.77 bits per heavy atom. The normalized spacial score (nSPS) is 15.0. The molecule has 0 aliphatic carbocycles. The van der Waals surface area contributed by atoms with Crippen LogP contribution in [-0.4, -0.2) is 30.6 Å². The monoisotopic (exact) mass is 530 g/mol. The zero-order valence-corrected chi connectivity index (χ0v) is 20.8. The molecule has 1 aliphatic rings. The van der Waals surface area contributed by atoms with E-state index in [0.29, 0.717) is 5.95 Å². The minimum absolute atomic E-state index is 0.217. The van der Waals surface area contributed by atoms with Crippen molar-refractivity contribution in [1.82, 2.24) is 24.1 Å². The standard InChI is InChI=1S/C27H24BrFN6/c1-2-30-27-31-13-11-22(32-27)26-25(18-4-7-20(29)8-5-18)33-24-10-9-21(35(24)26)16-34-14-12-17-3-6-19(28)15-23(17)34/h3-8,11-15,21H,2,9-10,16H2,1H3,(H,30,31,32)/t21-/m0/s1. The molecule has 0 amide bonds. The van der Waals surface area contributed by atoms with Crippen LogP contribution in [0.25, 0.3) is 33.5 Å². The number of benzene rings is 2. The second-order valence-corrected chi connectivity index (χ2v) is 9.68. The Bertz CT molecular complexity index is 1520. The fourth-order valence-corrected chi connectivity index (χ4v) is 5.33. The van der Waals surface area contributed by atoms with Crippen molar-refractivity contribution in [3.8, 4) is 22.6 Å². The molecular formula is C27H24BrFN6. The van der Waals surface area contributed by atoms with E-state index in [1.165, 1.54) is 23.0 Å². The molecule has 1 N–H and O–H groups in total. The molecule has 5 aromatic rings. The highest BCUT2D eigenvalue weighted by atomic mass is 79.9. The quantitative estimate of drug-likeness (QED) is 0.273. The maximum absolute atomic E-state index is 13.7. The fraction of sp³-hybridized carbons (Fsp3) is 0.222. The first-order valence-electron chi connectivity index (χ1n) is 11.8. The van der Waals surface area contributed by atoms with Gasteiger partial charge < -0.3 is 14.5 Å². The molecule has 0 radical (unpaired) electrons. The highest BCUT2D eigenvalue weighted by Gasteiger charge is 2.31. The van der Waals surface area contributed by atoms with Crippen LogP contribution >= 0.6 is 15.9 Å². The van der Waals surface area contributed by atoms with E-state index in [-0.39, 0.29) is 11.9 Å². The van der Waals surface area contributed by atoms with Crippen LogP contribution in [0, 0.1) is 5.82 Å². The number of imidazole rings is 1. The predicted octanol–water partition coefficient (Wildman–Crippen LogP) is 6.48.